The number of rotatable bonds is 2. The molecule has 0 aliphatic carbocycles. The lowest BCUT2D eigenvalue weighted by molar-refractivity contribution is 0.474. The zero-order valence-corrected chi connectivity index (χ0v) is 9.91. The third-order valence-corrected chi connectivity index (χ3v) is 4.52. The molecular weight excluding hydrogens is 218 g/mol. The van der Waals surface area contributed by atoms with E-state index in [1.54, 1.807) is 12.1 Å². The van der Waals surface area contributed by atoms with E-state index in [9.17, 15) is 5.11 Å². The van der Waals surface area contributed by atoms with Gasteiger partial charge in [-0.1, -0.05) is 12.1 Å². The topological polar surface area (TPSA) is 44.0 Å². The second-order valence-corrected chi connectivity index (χ2v) is 5.52. The fourth-order valence-corrected chi connectivity index (χ4v) is 3.44. The summed E-state index contributed by atoms with van der Waals surface area (Å²) in [5.41, 5.74) is 1.31. The smallest absolute Gasteiger partial charge is 0.115 e. The maximum Gasteiger partial charge on any atom is 0.115 e. The average Bonchev–Trinajstić information content (AvgIpc) is 2.32. The highest BCUT2D eigenvalue weighted by atomic mass is 32.2. The maximum absolute atomic E-state index is 9.23. The standard InChI is InChI=1S/C13H15NOS/c14-8-7-13-6-3-11(9-16-13)10-1-4-12(15)5-2-10/h1-2,4-5,11,13,15H,3,6-7,9H2. The van der Waals surface area contributed by atoms with Gasteiger partial charge in [-0.15, -0.1) is 0 Å². The number of nitriles is 1. The molecular formula is C13H15NOS. The van der Waals surface area contributed by atoms with Gasteiger partial charge in [0, 0.05) is 17.4 Å². The maximum atomic E-state index is 9.23. The predicted octanol–water partition coefficient (Wildman–Crippen LogP) is 3.29. The Balaban J connectivity index is 1.94. The minimum absolute atomic E-state index is 0.328. The van der Waals surface area contributed by atoms with E-state index in [0.717, 1.165) is 18.6 Å². The zero-order chi connectivity index (χ0) is 11.4. The number of hydrogen-bond acceptors (Lipinski definition) is 3. The lowest BCUT2D eigenvalue weighted by atomic mass is 9.94. The highest BCUT2D eigenvalue weighted by molar-refractivity contribution is 8.00. The summed E-state index contributed by atoms with van der Waals surface area (Å²) in [7, 11) is 0. The van der Waals surface area contributed by atoms with Crippen LogP contribution in [0, 0.1) is 11.3 Å². The van der Waals surface area contributed by atoms with Crippen LogP contribution in [0.25, 0.3) is 0 Å². The number of thioether (sulfide) groups is 1. The van der Waals surface area contributed by atoms with Gasteiger partial charge in [0.25, 0.3) is 0 Å². The third kappa shape index (κ3) is 2.70. The fourth-order valence-electron chi connectivity index (χ4n) is 2.08. The lowest BCUT2D eigenvalue weighted by Crippen LogP contribution is -2.16. The minimum Gasteiger partial charge on any atom is -0.508 e. The van der Waals surface area contributed by atoms with E-state index in [4.69, 9.17) is 5.26 Å². The molecule has 2 unspecified atom stereocenters. The van der Waals surface area contributed by atoms with Crippen molar-refractivity contribution in [1.82, 2.24) is 0 Å². The molecule has 0 aromatic heterocycles. The molecule has 1 aliphatic rings. The van der Waals surface area contributed by atoms with Gasteiger partial charge in [-0.3, -0.25) is 0 Å². The Hall–Kier alpha value is -1.14. The molecule has 0 saturated carbocycles. The van der Waals surface area contributed by atoms with Crippen LogP contribution in [0.1, 0.15) is 30.7 Å². The normalized spacial score (nSPS) is 24.9. The van der Waals surface area contributed by atoms with Crippen LogP contribution in [-0.4, -0.2) is 16.1 Å². The second kappa shape index (κ2) is 5.27. The predicted molar refractivity (Wildman–Crippen MR) is 66.6 cm³/mol. The van der Waals surface area contributed by atoms with Gasteiger partial charge in [0.15, 0.2) is 0 Å². The molecule has 0 bridgehead atoms. The summed E-state index contributed by atoms with van der Waals surface area (Å²) in [6.07, 6.45) is 2.96. The number of nitrogens with zero attached hydrogens (tertiary/aromatic N) is 1. The molecule has 0 spiro atoms. The molecule has 0 amide bonds. The van der Waals surface area contributed by atoms with Crippen LogP contribution in [0.4, 0.5) is 0 Å². The van der Waals surface area contributed by atoms with E-state index in [-0.39, 0.29) is 0 Å². The van der Waals surface area contributed by atoms with E-state index in [1.165, 1.54) is 5.56 Å². The van der Waals surface area contributed by atoms with Gasteiger partial charge in [0.1, 0.15) is 5.75 Å². The van der Waals surface area contributed by atoms with E-state index >= 15 is 0 Å². The molecule has 16 heavy (non-hydrogen) atoms. The van der Waals surface area contributed by atoms with Crippen LogP contribution in [0.2, 0.25) is 0 Å². The first-order valence-electron chi connectivity index (χ1n) is 5.57. The summed E-state index contributed by atoms with van der Waals surface area (Å²) < 4.78 is 0. The van der Waals surface area contributed by atoms with Crippen LogP contribution in [0.3, 0.4) is 0 Å². The largest absolute Gasteiger partial charge is 0.508 e. The second-order valence-electron chi connectivity index (χ2n) is 4.18. The summed E-state index contributed by atoms with van der Waals surface area (Å²) in [4.78, 5) is 0. The molecule has 84 valence electrons. The number of phenolic OH excluding ortho intramolecular Hbond substituents is 1. The number of benzene rings is 1. The highest BCUT2D eigenvalue weighted by Crippen LogP contribution is 2.36. The molecule has 1 saturated heterocycles. The number of hydrogen-bond donors (Lipinski definition) is 1. The third-order valence-electron chi connectivity index (χ3n) is 3.05. The monoisotopic (exact) mass is 233 g/mol. The molecule has 2 nitrogen and oxygen atoms in total. The van der Waals surface area contributed by atoms with Crippen LogP contribution < -0.4 is 0 Å². The Labute approximate surface area is 100 Å². The molecule has 2 rings (SSSR count). The Bertz CT molecular complexity index is 374. The average molecular weight is 233 g/mol. The number of aromatic hydroxyl groups is 1. The highest BCUT2D eigenvalue weighted by Gasteiger charge is 2.22. The van der Waals surface area contributed by atoms with E-state index in [2.05, 4.69) is 6.07 Å². The van der Waals surface area contributed by atoms with Gasteiger partial charge in [-0.2, -0.15) is 17.0 Å². The van der Waals surface area contributed by atoms with E-state index < -0.39 is 0 Å². The van der Waals surface area contributed by atoms with Crippen molar-refractivity contribution in [3.8, 4) is 11.8 Å². The van der Waals surface area contributed by atoms with E-state index in [0.29, 0.717) is 23.3 Å². The first kappa shape index (κ1) is 11.3. The Morgan fingerprint density at radius 3 is 2.62 bits per heavy atom. The van der Waals surface area contributed by atoms with Crippen molar-refractivity contribution in [1.29, 1.82) is 5.26 Å². The van der Waals surface area contributed by atoms with Crippen LogP contribution in [0.15, 0.2) is 24.3 Å². The number of phenols is 1. The molecule has 2 atom stereocenters. The Kier molecular flexibility index (Phi) is 3.74. The molecule has 1 fully saturated rings. The first-order valence-corrected chi connectivity index (χ1v) is 6.62. The van der Waals surface area contributed by atoms with E-state index in [1.807, 2.05) is 23.9 Å². The van der Waals surface area contributed by atoms with Gasteiger partial charge in [0.05, 0.1) is 6.07 Å². The molecule has 0 radical (unpaired) electrons. The molecule has 1 aromatic carbocycles. The molecule has 1 heterocycles. The Morgan fingerprint density at radius 1 is 1.31 bits per heavy atom. The van der Waals surface area contributed by atoms with Gasteiger partial charge in [0.2, 0.25) is 0 Å². The SMILES string of the molecule is N#CCC1CCC(c2ccc(O)cc2)CS1. The zero-order valence-electron chi connectivity index (χ0n) is 9.10. The summed E-state index contributed by atoms with van der Waals surface area (Å²) >= 11 is 1.91. The van der Waals surface area contributed by atoms with Crippen molar-refractivity contribution in [3.05, 3.63) is 29.8 Å². The van der Waals surface area contributed by atoms with Crippen molar-refractivity contribution >= 4 is 11.8 Å². The van der Waals surface area contributed by atoms with Gasteiger partial charge >= 0.3 is 0 Å². The fraction of sp³-hybridized carbons (Fsp3) is 0.462. The van der Waals surface area contributed by atoms with Crippen LogP contribution >= 0.6 is 11.8 Å². The van der Waals surface area contributed by atoms with Crippen molar-refractivity contribution in [3.63, 3.8) is 0 Å². The van der Waals surface area contributed by atoms with Crippen LogP contribution in [0.5, 0.6) is 5.75 Å². The van der Waals surface area contributed by atoms with Crippen molar-refractivity contribution in [2.75, 3.05) is 5.75 Å². The van der Waals surface area contributed by atoms with Crippen molar-refractivity contribution in [2.45, 2.75) is 30.4 Å². The van der Waals surface area contributed by atoms with Gasteiger partial charge in [-0.05, 0) is 36.5 Å². The van der Waals surface area contributed by atoms with Gasteiger partial charge in [-0.25, -0.2) is 0 Å². The van der Waals surface area contributed by atoms with Crippen LogP contribution in [-0.2, 0) is 0 Å². The summed E-state index contributed by atoms with van der Waals surface area (Å²) in [5.74, 6) is 2.01. The molecule has 3 heteroatoms. The summed E-state index contributed by atoms with van der Waals surface area (Å²) in [6, 6.07) is 9.76. The molecule has 1 aromatic rings. The summed E-state index contributed by atoms with van der Waals surface area (Å²) in [5, 5.41) is 18.4. The van der Waals surface area contributed by atoms with Crippen molar-refractivity contribution < 1.29 is 5.11 Å². The first-order chi connectivity index (χ1) is 7.79. The summed E-state index contributed by atoms with van der Waals surface area (Å²) in [6.45, 7) is 0. The van der Waals surface area contributed by atoms with Gasteiger partial charge < -0.3 is 5.11 Å². The Morgan fingerprint density at radius 2 is 2.06 bits per heavy atom. The molecule has 1 aliphatic heterocycles. The van der Waals surface area contributed by atoms with Crippen molar-refractivity contribution in [2.24, 2.45) is 0 Å². The molecule has 1 N–H and O–H groups in total. The lowest BCUT2D eigenvalue weighted by Gasteiger charge is -2.27. The minimum atomic E-state index is 0.328. The quantitative estimate of drug-likeness (QED) is 0.852.